The molecule has 0 atom stereocenters. The van der Waals surface area contributed by atoms with Gasteiger partial charge < -0.3 is 24.3 Å². The molecule has 0 fully saturated rings. The second kappa shape index (κ2) is 8.00. The van der Waals surface area contributed by atoms with Crippen molar-refractivity contribution < 1.29 is 23.7 Å². The molecule has 4 rings (SSSR count). The van der Waals surface area contributed by atoms with Crippen molar-refractivity contribution in [2.75, 3.05) is 27.4 Å². The molecule has 0 radical (unpaired) electrons. The van der Waals surface area contributed by atoms with E-state index in [1.54, 1.807) is 14.2 Å². The van der Waals surface area contributed by atoms with Gasteiger partial charge in [-0.3, -0.25) is 4.79 Å². The summed E-state index contributed by atoms with van der Waals surface area (Å²) in [4.78, 5) is 12.4. The van der Waals surface area contributed by atoms with Gasteiger partial charge in [0.1, 0.15) is 11.5 Å². The third kappa shape index (κ3) is 3.59. The molecule has 1 N–H and O–H groups in total. The highest BCUT2D eigenvalue weighted by atomic mass is 16.5. The Labute approximate surface area is 164 Å². The van der Waals surface area contributed by atoms with Gasteiger partial charge in [-0.2, -0.15) is 0 Å². The smallest absolute Gasteiger partial charge is 0.220 e. The zero-order valence-corrected chi connectivity index (χ0v) is 16.3. The van der Waals surface area contributed by atoms with E-state index in [4.69, 9.17) is 18.9 Å². The normalized spacial score (nSPS) is 13.9. The summed E-state index contributed by atoms with van der Waals surface area (Å²) in [6.45, 7) is 1.86. The van der Waals surface area contributed by atoms with Gasteiger partial charge in [-0.15, -0.1) is 0 Å². The number of carbonyl (C=O) groups is 1. The number of hydrogen-bond acceptors (Lipinski definition) is 5. The predicted octanol–water partition coefficient (Wildman–Crippen LogP) is 2.82. The molecule has 2 aliphatic rings. The molecule has 1 amide bonds. The van der Waals surface area contributed by atoms with Crippen molar-refractivity contribution in [1.82, 2.24) is 5.32 Å². The van der Waals surface area contributed by atoms with Gasteiger partial charge in [0.15, 0.2) is 11.5 Å². The summed E-state index contributed by atoms with van der Waals surface area (Å²) in [5.74, 6) is 3.25. The molecule has 148 valence electrons. The van der Waals surface area contributed by atoms with Crippen LogP contribution in [0.5, 0.6) is 23.0 Å². The van der Waals surface area contributed by atoms with Crippen molar-refractivity contribution in [1.29, 1.82) is 0 Å². The van der Waals surface area contributed by atoms with Crippen LogP contribution in [0.2, 0.25) is 0 Å². The van der Waals surface area contributed by atoms with E-state index >= 15 is 0 Å². The van der Waals surface area contributed by atoms with Gasteiger partial charge in [0.2, 0.25) is 5.91 Å². The lowest BCUT2D eigenvalue weighted by atomic mass is 9.99. The first-order valence-corrected chi connectivity index (χ1v) is 9.60. The highest BCUT2D eigenvalue weighted by Gasteiger charge is 2.26. The highest BCUT2D eigenvalue weighted by molar-refractivity contribution is 5.76. The van der Waals surface area contributed by atoms with E-state index in [0.29, 0.717) is 44.1 Å². The van der Waals surface area contributed by atoms with Gasteiger partial charge in [-0.05, 0) is 30.2 Å². The minimum absolute atomic E-state index is 0.0121. The van der Waals surface area contributed by atoms with Crippen LogP contribution in [0.4, 0.5) is 0 Å². The third-order valence-corrected chi connectivity index (χ3v) is 5.31. The quantitative estimate of drug-likeness (QED) is 0.796. The summed E-state index contributed by atoms with van der Waals surface area (Å²) in [5, 5.41) is 3.05. The molecule has 6 nitrogen and oxygen atoms in total. The largest absolute Gasteiger partial charge is 0.493 e. The van der Waals surface area contributed by atoms with Crippen molar-refractivity contribution in [2.45, 2.75) is 32.2 Å². The van der Waals surface area contributed by atoms with Crippen molar-refractivity contribution in [3.63, 3.8) is 0 Å². The Morgan fingerprint density at radius 2 is 1.89 bits per heavy atom. The number of nitrogens with one attached hydrogen (secondary N) is 1. The lowest BCUT2D eigenvalue weighted by Gasteiger charge is -2.14. The van der Waals surface area contributed by atoms with Gasteiger partial charge in [-0.25, -0.2) is 0 Å². The maximum Gasteiger partial charge on any atom is 0.220 e. The van der Waals surface area contributed by atoms with Crippen LogP contribution >= 0.6 is 0 Å². The predicted molar refractivity (Wildman–Crippen MR) is 105 cm³/mol. The number of amides is 1. The standard InChI is InChI=1S/C22H25NO5/c1-25-18-5-3-14(11-20(18)26-2)4-6-21(24)23-13-17-16-8-10-27-19(16)12-15-7-9-28-22(15)17/h3,5,11-12H,4,6-10,13H2,1-2H3,(H,23,24). The van der Waals surface area contributed by atoms with Crippen LogP contribution < -0.4 is 24.3 Å². The molecule has 0 spiro atoms. The van der Waals surface area contributed by atoms with Crippen LogP contribution in [-0.2, 0) is 30.6 Å². The number of carbonyl (C=O) groups excluding carboxylic acids is 1. The number of rotatable bonds is 7. The molecule has 0 bridgehead atoms. The number of benzene rings is 2. The Bertz CT molecular complexity index is 861. The summed E-state index contributed by atoms with van der Waals surface area (Å²) < 4.78 is 22.1. The molecule has 0 aliphatic carbocycles. The second-order valence-electron chi connectivity index (χ2n) is 6.98. The van der Waals surface area contributed by atoms with Gasteiger partial charge in [0.25, 0.3) is 0 Å². The van der Waals surface area contributed by atoms with E-state index in [2.05, 4.69) is 11.4 Å². The third-order valence-electron chi connectivity index (χ3n) is 5.31. The van der Waals surface area contributed by atoms with E-state index in [1.165, 1.54) is 11.1 Å². The fraction of sp³-hybridized carbons (Fsp3) is 0.409. The van der Waals surface area contributed by atoms with Gasteiger partial charge in [0.05, 0.1) is 27.4 Å². The summed E-state index contributed by atoms with van der Waals surface area (Å²) in [6.07, 6.45) is 2.80. The molecule has 2 aromatic rings. The van der Waals surface area contributed by atoms with Crippen LogP contribution in [0.15, 0.2) is 24.3 Å². The molecule has 0 saturated heterocycles. The molecule has 2 aliphatic heterocycles. The van der Waals surface area contributed by atoms with E-state index < -0.39 is 0 Å². The molecule has 2 heterocycles. The van der Waals surface area contributed by atoms with E-state index in [1.807, 2.05) is 18.2 Å². The lowest BCUT2D eigenvalue weighted by Crippen LogP contribution is -2.24. The minimum atomic E-state index is 0.0121. The molecule has 2 aromatic carbocycles. The topological polar surface area (TPSA) is 66.0 Å². The monoisotopic (exact) mass is 383 g/mol. The van der Waals surface area contributed by atoms with Crippen LogP contribution in [0, 0.1) is 0 Å². The van der Waals surface area contributed by atoms with Gasteiger partial charge >= 0.3 is 0 Å². The molecule has 6 heteroatoms. The van der Waals surface area contributed by atoms with E-state index in [0.717, 1.165) is 35.5 Å². The summed E-state index contributed by atoms with van der Waals surface area (Å²) in [5.41, 5.74) is 4.45. The summed E-state index contributed by atoms with van der Waals surface area (Å²) >= 11 is 0. The number of hydrogen-bond donors (Lipinski definition) is 1. The number of ether oxygens (including phenoxy) is 4. The maximum absolute atomic E-state index is 12.4. The van der Waals surface area contributed by atoms with E-state index in [9.17, 15) is 4.79 Å². The van der Waals surface area contributed by atoms with E-state index in [-0.39, 0.29) is 5.91 Å². The van der Waals surface area contributed by atoms with Gasteiger partial charge in [0, 0.05) is 42.5 Å². The number of aryl methyl sites for hydroxylation is 1. The Morgan fingerprint density at radius 1 is 1.07 bits per heavy atom. The van der Waals surface area contributed by atoms with Crippen LogP contribution in [0.25, 0.3) is 0 Å². The van der Waals surface area contributed by atoms with Crippen molar-refractivity contribution in [3.8, 4) is 23.0 Å². The average molecular weight is 383 g/mol. The Hall–Kier alpha value is -2.89. The van der Waals surface area contributed by atoms with Crippen LogP contribution in [0.3, 0.4) is 0 Å². The summed E-state index contributed by atoms with van der Waals surface area (Å²) in [7, 11) is 3.22. The molecule has 0 aromatic heterocycles. The Balaban J connectivity index is 1.38. The fourth-order valence-corrected chi connectivity index (χ4v) is 3.84. The molecular formula is C22H25NO5. The van der Waals surface area contributed by atoms with Crippen molar-refractivity contribution >= 4 is 5.91 Å². The first-order chi connectivity index (χ1) is 13.7. The zero-order chi connectivity index (χ0) is 19.5. The SMILES string of the molecule is COc1ccc(CCC(=O)NCc2c3c(cc4c2OCC4)OCC3)cc1OC. The first-order valence-electron chi connectivity index (χ1n) is 9.60. The molecule has 0 saturated carbocycles. The first kappa shape index (κ1) is 18.5. The van der Waals surface area contributed by atoms with Gasteiger partial charge in [-0.1, -0.05) is 6.07 Å². The zero-order valence-electron chi connectivity index (χ0n) is 16.3. The molecule has 0 unspecified atom stereocenters. The maximum atomic E-state index is 12.4. The van der Waals surface area contributed by atoms with Crippen LogP contribution in [0.1, 0.15) is 28.7 Å². The van der Waals surface area contributed by atoms with Crippen LogP contribution in [-0.4, -0.2) is 33.3 Å². The lowest BCUT2D eigenvalue weighted by molar-refractivity contribution is -0.121. The Morgan fingerprint density at radius 3 is 2.71 bits per heavy atom. The number of methoxy groups -OCH3 is 2. The molecular weight excluding hydrogens is 358 g/mol. The Kier molecular flexibility index (Phi) is 5.28. The van der Waals surface area contributed by atoms with Crippen molar-refractivity contribution in [2.24, 2.45) is 0 Å². The average Bonchev–Trinajstić information content (AvgIpc) is 3.38. The van der Waals surface area contributed by atoms with Crippen molar-refractivity contribution in [3.05, 3.63) is 46.5 Å². The second-order valence-corrected chi connectivity index (χ2v) is 6.98. The highest BCUT2D eigenvalue weighted by Crippen LogP contribution is 2.40. The summed E-state index contributed by atoms with van der Waals surface area (Å²) in [6, 6.07) is 7.82. The fourth-order valence-electron chi connectivity index (χ4n) is 3.84. The minimum Gasteiger partial charge on any atom is -0.493 e. The molecule has 28 heavy (non-hydrogen) atoms. The number of fused-ring (bicyclic) bond motifs is 2.